The fourth-order valence-electron chi connectivity index (χ4n) is 2.57. The van der Waals surface area contributed by atoms with Gasteiger partial charge in [0.25, 0.3) is 0 Å². The molecular weight excluding hydrogens is 160 g/mol. The van der Waals surface area contributed by atoms with Gasteiger partial charge in [0, 0.05) is 12.3 Å². The summed E-state index contributed by atoms with van der Waals surface area (Å²) in [6.45, 7) is 2.25. The van der Waals surface area contributed by atoms with E-state index in [4.69, 9.17) is 0 Å². The van der Waals surface area contributed by atoms with Crippen LogP contribution in [0.3, 0.4) is 0 Å². The Hall–Kier alpha value is -0.590. The van der Waals surface area contributed by atoms with E-state index < -0.39 is 0 Å². The Labute approximate surface area is 80.2 Å². The fraction of sp³-hybridized carbons (Fsp3) is 0.750. The maximum atomic E-state index is 11.7. The van der Waals surface area contributed by atoms with Crippen LogP contribution in [0.5, 0.6) is 0 Å². The average Bonchev–Trinajstić information content (AvgIpc) is 2.12. The quantitative estimate of drug-likeness (QED) is 0.520. The highest BCUT2D eigenvalue weighted by atomic mass is 16.1. The van der Waals surface area contributed by atoms with Crippen LogP contribution in [0.15, 0.2) is 11.1 Å². The van der Waals surface area contributed by atoms with E-state index in [0.29, 0.717) is 11.7 Å². The third kappa shape index (κ3) is 1.84. The highest BCUT2D eigenvalue weighted by Gasteiger charge is 2.25. The van der Waals surface area contributed by atoms with Gasteiger partial charge in [-0.2, -0.15) is 0 Å². The maximum absolute atomic E-state index is 11.7. The monoisotopic (exact) mass is 178 g/mol. The first-order valence-corrected chi connectivity index (χ1v) is 5.47. The molecule has 0 aromatic rings. The molecule has 0 aliphatic heterocycles. The topological polar surface area (TPSA) is 17.1 Å². The number of fused-ring (bicyclic) bond motifs is 2. The van der Waals surface area contributed by atoms with Crippen molar-refractivity contribution < 1.29 is 4.79 Å². The highest BCUT2D eigenvalue weighted by Crippen LogP contribution is 2.35. The third-order valence-electron chi connectivity index (χ3n) is 3.57. The van der Waals surface area contributed by atoms with Crippen molar-refractivity contribution in [3.05, 3.63) is 11.1 Å². The Balaban J connectivity index is 2.18. The number of carbonyl (C=O) groups excluding carboxylic acids is 1. The van der Waals surface area contributed by atoms with E-state index in [0.717, 1.165) is 25.7 Å². The molecule has 1 unspecified atom stereocenters. The van der Waals surface area contributed by atoms with Crippen molar-refractivity contribution in [3.8, 4) is 0 Å². The van der Waals surface area contributed by atoms with Gasteiger partial charge in [-0.3, -0.25) is 4.79 Å². The van der Waals surface area contributed by atoms with Crippen molar-refractivity contribution in [2.24, 2.45) is 5.92 Å². The number of carbonyl (C=O) groups is 1. The number of Topliss-reactive ketones (excluding diaryl/α,β-unsaturated/α-hetero) is 1. The minimum Gasteiger partial charge on any atom is -0.299 e. The van der Waals surface area contributed by atoms with Gasteiger partial charge < -0.3 is 0 Å². The van der Waals surface area contributed by atoms with Crippen LogP contribution < -0.4 is 0 Å². The van der Waals surface area contributed by atoms with E-state index >= 15 is 0 Å². The summed E-state index contributed by atoms with van der Waals surface area (Å²) >= 11 is 0. The van der Waals surface area contributed by atoms with Crippen LogP contribution in [-0.2, 0) is 4.79 Å². The zero-order valence-corrected chi connectivity index (χ0v) is 8.44. The summed E-state index contributed by atoms with van der Waals surface area (Å²) in [6, 6.07) is 0. The first-order valence-electron chi connectivity index (χ1n) is 5.47. The van der Waals surface area contributed by atoms with E-state index in [-0.39, 0.29) is 0 Å². The molecule has 0 N–H and O–H groups in total. The van der Waals surface area contributed by atoms with Gasteiger partial charge in [-0.15, -0.1) is 0 Å². The molecule has 0 spiro atoms. The van der Waals surface area contributed by atoms with Crippen molar-refractivity contribution in [2.45, 2.75) is 51.9 Å². The van der Waals surface area contributed by atoms with Crippen molar-refractivity contribution in [1.82, 2.24) is 0 Å². The van der Waals surface area contributed by atoms with Crippen LogP contribution in [0.1, 0.15) is 51.9 Å². The summed E-state index contributed by atoms with van der Waals surface area (Å²) in [7, 11) is 0. The molecule has 0 aromatic carbocycles. The average molecular weight is 178 g/mol. The molecule has 72 valence electrons. The van der Waals surface area contributed by atoms with Gasteiger partial charge in [-0.1, -0.05) is 11.1 Å². The zero-order chi connectivity index (χ0) is 9.26. The minimum absolute atomic E-state index is 0.388. The summed E-state index contributed by atoms with van der Waals surface area (Å²) in [5.74, 6) is 0.920. The van der Waals surface area contributed by atoms with E-state index in [1.165, 1.54) is 19.3 Å². The summed E-state index contributed by atoms with van der Waals surface area (Å²) < 4.78 is 0. The molecule has 0 radical (unpaired) electrons. The highest BCUT2D eigenvalue weighted by molar-refractivity contribution is 5.81. The van der Waals surface area contributed by atoms with E-state index in [1.807, 2.05) is 0 Å². The van der Waals surface area contributed by atoms with Gasteiger partial charge in [-0.25, -0.2) is 0 Å². The molecule has 2 bridgehead atoms. The number of hydrogen-bond acceptors (Lipinski definition) is 1. The van der Waals surface area contributed by atoms with Crippen LogP contribution >= 0.6 is 0 Å². The van der Waals surface area contributed by atoms with E-state index in [1.54, 1.807) is 11.1 Å². The second-order valence-corrected chi connectivity index (χ2v) is 4.50. The molecule has 2 aliphatic carbocycles. The lowest BCUT2D eigenvalue weighted by atomic mass is 9.77. The second kappa shape index (κ2) is 3.65. The molecular formula is C12H18O. The van der Waals surface area contributed by atoms with Gasteiger partial charge >= 0.3 is 0 Å². The lowest BCUT2D eigenvalue weighted by molar-refractivity contribution is -0.123. The van der Waals surface area contributed by atoms with Crippen LogP contribution in [0.4, 0.5) is 0 Å². The third-order valence-corrected chi connectivity index (χ3v) is 3.57. The molecule has 0 amide bonds. The van der Waals surface area contributed by atoms with Gasteiger partial charge in [-0.05, 0) is 45.4 Å². The van der Waals surface area contributed by atoms with E-state index in [9.17, 15) is 4.79 Å². The molecule has 1 heteroatoms. The molecule has 0 aromatic heterocycles. The van der Waals surface area contributed by atoms with Gasteiger partial charge in [0.15, 0.2) is 0 Å². The van der Waals surface area contributed by atoms with Crippen LogP contribution in [0, 0.1) is 5.92 Å². The summed E-state index contributed by atoms with van der Waals surface area (Å²) in [5.41, 5.74) is 3.18. The standard InChI is InChI=1S/C12H18O/c1-9-6-7-11-8-10(9)4-2-3-5-12(11)13/h11H,2-8H2,1H3. The van der Waals surface area contributed by atoms with Gasteiger partial charge in [0.05, 0.1) is 0 Å². The molecule has 0 heterocycles. The maximum Gasteiger partial charge on any atom is 0.136 e. The van der Waals surface area contributed by atoms with Gasteiger partial charge in [0.2, 0.25) is 0 Å². The van der Waals surface area contributed by atoms with Crippen molar-refractivity contribution in [3.63, 3.8) is 0 Å². The molecule has 2 aliphatic rings. The van der Waals surface area contributed by atoms with E-state index in [2.05, 4.69) is 6.92 Å². The van der Waals surface area contributed by atoms with Crippen molar-refractivity contribution in [1.29, 1.82) is 0 Å². The van der Waals surface area contributed by atoms with Crippen LogP contribution in [0.2, 0.25) is 0 Å². The number of hydrogen-bond donors (Lipinski definition) is 0. The Kier molecular flexibility index (Phi) is 2.52. The van der Waals surface area contributed by atoms with Crippen molar-refractivity contribution >= 4 is 5.78 Å². The SMILES string of the molecule is CC1=C2CCCCC(=O)C(CC1)C2. The molecule has 13 heavy (non-hydrogen) atoms. The number of ketones is 1. The first-order chi connectivity index (χ1) is 6.27. The molecule has 2 rings (SSSR count). The number of rotatable bonds is 0. The molecule has 1 atom stereocenters. The molecule has 1 nitrogen and oxygen atoms in total. The first kappa shape index (κ1) is 8.98. The largest absolute Gasteiger partial charge is 0.299 e. The number of allylic oxidation sites excluding steroid dienone is 2. The Bertz CT molecular complexity index is 250. The lowest BCUT2D eigenvalue weighted by Crippen LogP contribution is -2.21. The zero-order valence-electron chi connectivity index (χ0n) is 8.44. The van der Waals surface area contributed by atoms with Crippen LogP contribution in [-0.4, -0.2) is 5.78 Å². The normalized spacial score (nSPS) is 29.9. The molecule has 1 fully saturated rings. The second-order valence-electron chi connectivity index (χ2n) is 4.50. The summed E-state index contributed by atoms with van der Waals surface area (Å²) in [5, 5.41) is 0. The molecule has 0 saturated heterocycles. The summed E-state index contributed by atoms with van der Waals surface area (Å²) in [4.78, 5) is 11.7. The predicted octanol–water partition coefficient (Wildman–Crippen LogP) is 3.25. The Morgan fingerprint density at radius 2 is 1.92 bits per heavy atom. The predicted molar refractivity (Wildman–Crippen MR) is 53.5 cm³/mol. The lowest BCUT2D eigenvalue weighted by Gasteiger charge is -2.27. The molecule has 1 saturated carbocycles. The van der Waals surface area contributed by atoms with Crippen LogP contribution in [0.25, 0.3) is 0 Å². The minimum atomic E-state index is 0.388. The smallest absolute Gasteiger partial charge is 0.136 e. The Morgan fingerprint density at radius 3 is 2.77 bits per heavy atom. The Morgan fingerprint density at radius 1 is 1.15 bits per heavy atom. The summed E-state index contributed by atoms with van der Waals surface area (Å²) in [6.07, 6.45) is 7.83. The van der Waals surface area contributed by atoms with Gasteiger partial charge in [0.1, 0.15) is 5.78 Å². The van der Waals surface area contributed by atoms with Crippen molar-refractivity contribution in [2.75, 3.05) is 0 Å². The fourth-order valence-corrected chi connectivity index (χ4v) is 2.57.